The van der Waals surface area contributed by atoms with Crippen LogP contribution in [0.4, 0.5) is 11.4 Å². The highest BCUT2D eigenvalue weighted by Gasteiger charge is 2.12. The van der Waals surface area contributed by atoms with Gasteiger partial charge in [-0.1, -0.05) is 13.3 Å². The Hall–Kier alpha value is -2.63. The van der Waals surface area contributed by atoms with Crippen molar-refractivity contribution in [1.82, 2.24) is 9.78 Å². The molecule has 1 aromatic heterocycles. The lowest BCUT2D eigenvalue weighted by Gasteiger charge is -2.28. The molecular weight excluding hydrogens is 328 g/mol. The van der Waals surface area contributed by atoms with E-state index in [2.05, 4.69) is 22.2 Å². The number of unbranched alkanes of at least 4 members (excludes halogenated alkanes) is 1. The van der Waals surface area contributed by atoms with Gasteiger partial charge in [0.05, 0.1) is 0 Å². The van der Waals surface area contributed by atoms with Gasteiger partial charge in [-0.2, -0.15) is 5.10 Å². The second-order valence-electron chi connectivity index (χ2n) is 6.68. The molecule has 2 heterocycles. The minimum atomic E-state index is -0.305. The number of hydrogen-bond donors (Lipinski definition) is 1. The number of rotatable bonds is 6. The third-order valence-corrected chi connectivity index (χ3v) is 4.67. The Bertz CT molecular complexity index is 792. The first-order valence-electron chi connectivity index (χ1n) is 9.42. The number of aryl methyl sites for hydroxylation is 1. The van der Waals surface area contributed by atoms with Crippen LogP contribution in [0.1, 0.15) is 49.5 Å². The van der Waals surface area contributed by atoms with E-state index in [0.29, 0.717) is 6.54 Å². The maximum atomic E-state index is 12.4. The summed E-state index contributed by atoms with van der Waals surface area (Å²) < 4.78 is 1.36. The smallest absolute Gasteiger partial charge is 0.276 e. The van der Waals surface area contributed by atoms with E-state index in [1.165, 1.54) is 41.8 Å². The van der Waals surface area contributed by atoms with E-state index >= 15 is 0 Å². The zero-order chi connectivity index (χ0) is 18.4. The van der Waals surface area contributed by atoms with Crippen molar-refractivity contribution in [3.05, 3.63) is 52.4 Å². The molecule has 0 saturated carbocycles. The average molecular weight is 354 g/mol. The number of benzene rings is 1. The zero-order valence-electron chi connectivity index (χ0n) is 15.3. The fourth-order valence-corrected chi connectivity index (χ4v) is 3.14. The number of aromatic nitrogens is 2. The second kappa shape index (κ2) is 8.65. The summed E-state index contributed by atoms with van der Waals surface area (Å²) in [7, 11) is 0. The third kappa shape index (κ3) is 4.50. The molecule has 6 nitrogen and oxygen atoms in total. The van der Waals surface area contributed by atoms with Crippen LogP contribution in [-0.4, -0.2) is 28.8 Å². The molecule has 138 valence electrons. The molecule has 1 aromatic carbocycles. The van der Waals surface area contributed by atoms with E-state index in [-0.39, 0.29) is 17.2 Å². The number of carbonyl (C=O) groups is 1. The van der Waals surface area contributed by atoms with Crippen molar-refractivity contribution in [2.75, 3.05) is 23.3 Å². The number of hydrogen-bond acceptors (Lipinski definition) is 4. The number of carbonyl (C=O) groups excluding carboxylic acids is 1. The molecule has 1 aliphatic rings. The van der Waals surface area contributed by atoms with Gasteiger partial charge in [0, 0.05) is 37.1 Å². The molecule has 0 atom stereocenters. The van der Waals surface area contributed by atoms with Gasteiger partial charge in [0.15, 0.2) is 0 Å². The highest BCUT2D eigenvalue weighted by atomic mass is 16.2. The molecule has 3 rings (SSSR count). The van der Waals surface area contributed by atoms with Crippen molar-refractivity contribution in [3.63, 3.8) is 0 Å². The van der Waals surface area contributed by atoms with Crippen LogP contribution in [0, 0.1) is 0 Å². The van der Waals surface area contributed by atoms with E-state index in [9.17, 15) is 9.59 Å². The molecular formula is C20H26N4O2. The normalized spacial score (nSPS) is 14.3. The van der Waals surface area contributed by atoms with E-state index < -0.39 is 0 Å². The summed E-state index contributed by atoms with van der Waals surface area (Å²) in [4.78, 5) is 26.6. The maximum absolute atomic E-state index is 12.4. The lowest BCUT2D eigenvalue weighted by Crippen LogP contribution is -2.29. The maximum Gasteiger partial charge on any atom is 0.276 e. The monoisotopic (exact) mass is 354 g/mol. The van der Waals surface area contributed by atoms with Crippen molar-refractivity contribution < 1.29 is 4.79 Å². The topological polar surface area (TPSA) is 67.2 Å². The minimum absolute atomic E-state index is 0.180. The summed E-state index contributed by atoms with van der Waals surface area (Å²) in [5, 5.41) is 7.04. The standard InChI is InChI=1S/C20H26N4O2/c1-2-3-15-24-19(25)12-11-18(22-24)20(26)21-16-7-9-17(10-8-16)23-13-5-4-6-14-23/h7-12H,2-6,13-15H2,1H3,(H,21,26). The Morgan fingerprint density at radius 2 is 1.81 bits per heavy atom. The first-order chi connectivity index (χ1) is 12.7. The molecule has 2 aromatic rings. The molecule has 1 amide bonds. The fraction of sp³-hybridized carbons (Fsp3) is 0.450. The average Bonchev–Trinajstić information content (AvgIpc) is 2.68. The van der Waals surface area contributed by atoms with Crippen LogP contribution >= 0.6 is 0 Å². The van der Waals surface area contributed by atoms with Crippen molar-refractivity contribution in [3.8, 4) is 0 Å². The van der Waals surface area contributed by atoms with Crippen LogP contribution in [0.5, 0.6) is 0 Å². The van der Waals surface area contributed by atoms with E-state index in [1.807, 2.05) is 24.3 Å². The molecule has 1 N–H and O–H groups in total. The van der Waals surface area contributed by atoms with E-state index in [0.717, 1.165) is 31.6 Å². The number of nitrogens with zero attached hydrogens (tertiary/aromatic N) is 3. The SMILES string of the molecule is CCCCn1nc(C(=O)Nc2ccc(N3CCCCC3)cc2)ccc1=O. The summed E-state index contributed by atoms with van der Waals surface area (Å²) >= 11 is 0. The Balaban J connectivity index is 1.66. The summed E-state index contributed by atoms with van der Waals surface area (Å²) in [5.74, 6) is -0.305. The van der Waals surface area contributed by atoms with E-state index in [1.54, 1.807) is 0 Å². The molecule has 0 unspecified atom stereocenters. The molecule has 1 aliphatic heterocycles. The molecule has 1 fully saturated rings. The Kier molecular flexibility index (Phi) is 6.04. The second-order valence-corrected chi connectivity index (χ2v) is 6.68. The molecule has 0 aliphatic carbocycles. The van der Waals surface area contributed by atoms with Gasteiger partial charge in [-0.15, -0.1) is 0 Å². The number of anilines is 2. The van der Waals surface area contributed by atoms with Crippen LogP contribution in [0.3, 0.4) is 0 Å². The van der Waals surface area contributed by atoms with Gasteiger partial charge in [0.25, 0.3) is 11.5 Å². The Morgan fingerprint density at radius 1 is 1.08 bits per heavy atom. The highest BCUT2D eigenvalue weighted by Crippen LogP contribution is 2.22. The summed E-state index contributed by atoms with van der Waals surface area (Å²) in [5.41, 5.74) is 1.99. The van der Waals surface area contributed by atoms with Gasteiger partial charge in [0.2, 0.25) is 0 Å². The largest absolute Gasteiger partial charge is 0.372 e. The molecule has 6 heteroatoms. The van der Waals surface area contributed by atoms with Crippen LogP contribution < -0.4 is 15.8 Å². The van der Waals surface area contributed by atoms with Crippen LogP contribution in [0.2, 0.25) is 0 Å². The first kappa shape index (κ1) is 18.2. The van der Waals surface area contributed by atoms with Crippen molar-refractivity contribution in [2.45, 2.75) is 45.6 Å². The number of piperidine rings is 1. The van der Waals surface area contributed by atoms with Gasteiger partial charge in [0.1, 0.15) is 5.69 Å². The third-order valence-electron chi connectivity index (χ3n) is 4.67. The molecule has 0 spiro atoms. The summed E-state index contributed by atoms with van der Waals surface area (Å²) in [6.45, 7) is 4.76. The molecule has 0 radical (unpaired) electrons. The number of amides is 1. The van der Waals surface area contributed by atoms with Gasteiger partial charge in [-0.05, 0) is 56.0 Å². The van der Waals surface area contributed by atoms with Crippen molar-refractivity contribution >= 4 is 17.3 Å². The fourth-order valence-electron chi connectivity index (χ4n) is 3.14. The Labute approximate surface area is 153 Å². The molecule has 26 heavy (non-hydrogen) atoms. The van der Waals surface area contributed by atoms with Crippen molar-refractivity contribution in [2.24, 2.45) is 0 Å². The highest BCUT2D eigenvalue weighted by molar-refractivity contribution is 6.02. The van der Waals surface area contributed by atoms with Gasteiger partial charge < -0.3 is 10.2 Å². The molecule has 1 saturated heterocycles. The lowest BCUT2D eigenvalue weighted by molar-refractivity contribution is 0.101. The van der Waals surface area contributed by atoms with Gasteiger partial charge in [-0.25, -0.2) is 4.68 Å². The van der Waals surface area contributed by atoms with Gasteiger partial charge in [-0.3, -0.25) is 9.59 Å². The van der Waals surface area contributed by atoms with Gasteiger partial charge >= 0.3 is 0 Å². The molecule has 0 bridgehead atoms. The quantitative estimate of drug-likeness (QED) is 0.864. The van der Waals surface area contributed by atoms with Crippen LogP contribution in [0.15, 0.2) is 41.2 Å². The summed E-state index contributed by atoms with van der Waals surface area (Å²) in [6.07, 6.45) is 5.59. The number of nitrogens with one attached hydrogen (secondary N) is 1. The van der Waals surface area contributed by atoms with Crippen molar-refractivity contribution in [1.29, 1.82) is 0 Å². The zero-order valence-corrected chi connectivity index (χ0v) is 15.3. The first-order valence-corrected chi connectivity index (χ1v) is 9.42. The predicted octanol–water partition coefficient (Wildman–Crippen LogP) is 3.29. The predicted molar refractivity (Wildman–Crippen MR) is 104 cm³/mol. The minimum Gasteiger partial charge on any atom is -0.372 e. The van der Waals surface area contributed by atoms with Crippen LogP contribution in [-0.2, 0) is 6.54 Å². The lowest BCUT2D eigenvalue weighted by atomic mass is 10.1. The van der Waals surface area contributed by atoms with E-state index in [4.69, 9.17) is 0 Å². The Morgan fingerprint density at radius 3 is 2.50 bits per heavy atom. The summed E-state index contributed by atoms with van der Waals surface area (Å²) in [6, 6.07) is 10.8. The van der Waals surface area contributed by atoms with Crippen LogP contribution in [0.25, 0.3) is 0 Å².